The molecule has 1 amide bonds. The number of ether oxygens (including phenoxy) is 1. The van der Waals surface area contributed by atoms with Gasteiger partial charge in [-0.2, -0.15) is 0 Å². The van der Waals surface area contributed by atoms with Crippen LogP contribution in [0, 0.1) is 0 Å². The second kappa shape index (κ2) is 8.05. The zero-order valence-corrected chi connectivity index (χ0v) is 10.7. The third-order valence-electron chi connectivity index (χ3n) is 2.28. The van der Waals surface area contributed by atoms with Gasteiger partial charge in [0.15, 0.2) is 6.04 Å². The number of aliphatic carboxylic acids is 1. The summed E-state index contributed by atoms with van der Waals surface area (Å²) in [4.78, 5) is 21.6. The summed E-state index contributed by atoms with van der Waals surface area (Å²) in [5.74, 6) is -1.50. The van der Waals surface area contributed by atoms with Crippen molar-refractivity contribution >= 4 is 18.0 Å². The van der Waals surface area contributed by atoms with Gasteiger partial charge >= 0.3 is 5.97 Å². The van der Waals surface area contributed by atoms with E-state index in [2.05, 4.69) is 5.32 Å². The predicted molar refractivity (Wildman–Crippen MR) is 71.5 cm³/mol. The summed E-state index contributed by atoms with van der Waals surface area (Å²) < 4.78 is 5.20. The summed E-state index contributed by atoms with van der Waals surface area (Å²) in [6.07, 6.45) is 3.68. The molecule has 0 heterocycles. The van der Waals surface area contributed by atoms with E-state index in [4.69, 9.17) is 9.84 Å². The zero-order chi connectivity index (χ0) is 14.1. The SMILES string of the molecule is CC(=O)NC(COCC=Cc1ccccc1)C(=O)O. The highest BCUT2D eigenvalue weighted by molar-refractivity contribution is 5.82. The molecular formula is C14H17NO4. The fraction of sp³-hybridized carbons (Fsp3) is 0.286. The van der Waals surface area contributed by atoms with Crippen molar-refractivity contribution in [2.75, 3.05) is 13.2 Å². The summed E-state index contributed by atoms with van der Waals surface area (Å²) in [6, 6.07) is 8.68. The number of hydrogen-bond donors (Lipinski definition) is 2. The van der Waals surface area contributed by atoms with Crippen molar-refractivity contribution in [3.63, 3.8) is 0 Å². The normalized spacial score (nSPS) is 12.3. The summed E-state index contributed by atoms with van der Waals surface area (Å²) in [7, 11) is 0. The topological polar surface area (TPSA) is 75.6 Å². The molecule has 0 saturated heterocycles. The van der Waals surface area contributed by atoms with Crippen LogP contribution in [-0.2, 0) is 14.3 Å². The molecule has 102 valence electrons. The molecule has 1 rings (SSSR count). The number of carbonyl (C=O) groups excluding carboxylic acids is 1. The Labute approximate surface area is 111 Å². The number of carboxylic acids is 1. The van der Waals surface area contributed by atoms with Gasteiger partial charge in [-0.25, -0.2) is 4.79 Å². The highest BCUT2D eigenvalue weighted by atomic mass is 16.5. The van der Waals surface area contributed by atoms with E-state index < -0.39 is 17.9 Å². The summed E-state index contributed by atoms with van der Waals surface area (Å²) >= 11 is 0. The third kappa shape index (κ3) is 6.38. The largest absolute Gasteiger partial charge is 0.480 e. The van der Waals surface area contributed by atoms with Crippen LogP contribution in [0.1, 0.15) is 12.5 Å². The van der Waals surface area contributed by atoms with Gasteiger partial charge in [-0.05, 0) is 5.56 Å². The van der Waals surface area contributed by atoms with Crippen LogP contribution in [0.5, 0.6) is 0 Å². The average Bonchev–Trinajstić information content (AvgIpc) is 2.37. The number of carboxylic acid groups (broad SMARTS) is 1. The fourth-order valence-electron chi connectivity index (χ4n) is 1.42. The molecule has 0 aliphatic carbocycles. The van der Waals surface area contributed by atoms with Gasteiger partial charge in [0, 0.05) is 6.92 Å². The van der Waals surface area contributed by atoms with E-state index in [0.717, 1.165) is 5.56 Å². The van der Waals surface area contributed by atoms with Crippen LogP contribution in [0.25, 0.3) is 6.08 Å². The number of benzene rings is 1. The molecule has 1 unspecified atom stereocenters. The molecule has 0 saturated carbocycles. The Morgan fingerprint density at radius 2 is 2.05 bits per heavy atom. The first-order valence-electron chi connectivity index (χ1n) is 5.89. The van der Waals surface area contributed by atoms with Crippen LogP contribution in [0.15, 0.2) is 36.4 Å². The van der Waals surface area contributed by atoms with Crippen LogP contribution < -0.4 is 5.32 Å². The molecule has 1 atom stereocenters. The smallest absolute Gasteiger partial charge is 0.328 e. The van der Waals surface area contributed by atoms with Crippen molar-refractivity contribution in [3.8, 4) is 0 Å². The van der Waals surface area contributed by atoms with Crippen molar-refractivity contribution in [1.82, 2.24) is 5.32 Å². The summed E-state index contributed by atoms with van der Waals surface area (Å²) in [5.41, 5.74) is 1.04. The Kier molecular flexibility index (Phi) is 6.32. The minimum Gasteiger partial charge on any atom is -0.480 e. The maximum Gasteiger partial charge on any atom is 0.328 e. The monoisotopic (exact) mass is 263 g/mol. The van der Waals surface area contributed by atoms with E-state index in [0.29, 0.717) is 0 Å². The fourth-order valence-corrected chi connectivity index (χ4v) is 1.42. The Morgan fingerprint density at radius 1 is 1.37 bits per heavy atom. The average molecular weight is 263 g/mol. The molecule has 0 radical (unpaired) electrons. The Bertz CT molecular complexity index is 442. The van der Waals surface area contributed by atoms with Crippen LogP contribution >= 0.6 is 0 Å². The molecule has 1 aromatic carbocycles. The molecule has 0 bridgehead atoms. The third-order valence-corrected chi connectivity index (χ3v) is 2.28. The van der Waals surface area contributed by atoms with Crippen molar-refractivity contribution < 1.29 is 19.4 Å². The van der Waals surface area contributed by atoms with Gasteiger partial charge in [-0.15, -0.1) is 0 Å². The maximum atomic E-state index is 10.8. The number of nitrogens with one attached hydrogen (secondary N) is 1. The van der Waals surface area contributed by atoms with E-state index in [-0.39, 0.29) is 13.2 Å². The molecule has 0 aliphatic rings. The quantitative estimate of drug-likeness (QED) is 0.727. The second-order valence-electron chi connectivity index (χ2n) is 3.94. The highest BCUT2D eigenvalue weighted by Crippen LogP contribution is 2.00. The molecule has 0 aromatic heterocycles. The van der Waals surface area contributed by atoms with E-state index in [1.807, 2.05) is 36.4 Å². The first-order chi connectivity index (χ1) is 9.09. The second-order valence-corrected chi connectivity index (χ2v) is 3.94. The van der Waals surface area contributed by atoms with E-state index in [9.17, 15) is 9.59 Å². The number of hydrogen-bond acceptors (Lipinski definition) is 3. The molecule has 0 fully saturated rings. The summed E-state index contributed by atoms with van der Waals surface area (Å²) in [6.45, 7) is 1.50. The Morgan fingerprint density at radius 3 is 2.63 bits per heavy atom. The van der Waals surface area contributed by atoms with Crippen LogP contribution in [0.2, 0.25) is 0 Å². The lowest BCUT2D eigenvalue weighted by molar-refractivity contribution is -0.143. The van der Waals surface area contributed by atoms with Crippen LogP contribution in [0.4, 0.5) is 0 Å². The highest BCUT2D eigenvalue weighted by Gasteiger charge is 2.17. The number of carbonyl (C=O) groups is 2. The van der Waals surface area contributed by atoms with Gasteiger partial charge in [-0.3, -0.25) is 4.79 Å². The number of rotatable bonds is 7. The first-order valence-corrected chi connectivity index (χ1v) is 5.89. The van der Waals surface area contributed by atoms with Crippen molar-refractivity contribution in [2.45, 2.75) is 13.0 Å². The van der Waals surface area contributed by atoms with E-state index in [1.54, 1.807) is 6.08 Å². The molecule has 5 heteroatoms. The van der Waals surface area contributed by atoms with Gasteiger partial charge in [-0.1, -0.05) is 42.5 Å². The van der Waals surface area contributed by atoms with Crippen LogP contribution in [0.3, 0.4) is 0 Å². The van der Waals surface area contributed by atoms with E-state index in [1.165, 1.54) is 6.92 Å². The van der Waals surface area contributed by atoms with Gasteiger partial charge in [0.2, 0.25) is 5.91 Å². The Balaban J connectivity index is 2.31. The lowest BCUT2D eigenvalue weighted by atomic mass is 10.2. The number of amides is 1. The summed E-state index contributed by atoms with van der Waals surface area (Å²) in [5, 5.41) is 11.1. The lowest BCUT2D eigenvalue weighted by Gasteiger charge is -2.12. The minimum atomic E-state index is -1.11. The molecule has 1 aromatic rings. The minimum absolute atomic E-state index is 0.0615. The first kappa shape index (κ1) is 14.9. The van der Waals surface area contributed by atoms with Gasteiger partial charge in [0.25, 0.3) is 0 Å². The van der Waals surface area contributed by atoms with Crippen LogP contribution in [-0.4, -0.2) is 36.2 Å². The van der Waals surface area contributed by atoms with Gasteiger partial charge in [0.05, 0.1) is 13.2 Å². The van der Waals surface area contributed by atoms with Crippen molar-refractivity contribution in [1.29, 1.82) is 0 Å². The maximum absolute atomic E-state index is 10.8. The zero-order valence-electron chi connectivity index (χ0n) is 10.7. The van der Waals surface area contributed by atoms with E-state index >= 15 is 0 Å². The Hall–Kier alpha value is -2.14. The molecule has 0 spiro atoms. The predicted octanol–water partition coefficient (Wildman–Crippen LogP) is 1.31. The lowest BCUT2D eigenvalue weighted by Crippen LogP contribution is -2.43. The standard InChI is InChI=1S/C14H17NO4/c1-11(16)15-13(14(17)18)10-19-9-5-8-12-6-3-2-4-7-12/h2-8,13H,9-10H2,1H3,(H,15,16)(H,17,18). The molecular weight excluding hydrogens is 246 g/mol. The van der Waals surface area contributed by atoms with Crippen molar-refractivity contribution in [2.24, 2.45) is 0 Å². The molecule has 19 heavy (non-hydrogen) atoms. The van der Waals surface area contributed by atoms with Gasteiger partial charge in [0.1, 0.15) is 0 Å². The molecule has 0 aliphatic heterocycles. The van der Waals surface area contributed by atoms with Crippen molar-refractivity contribution in [3.05, 3.63) is 42.0 Å². The molecule has 2 N–H and O–H groups in total. The molecule has 5 nitrogen and oxygen atoms in total. The van der Waals surface area contributed by atoms with Gasteiger partial charge < -0.3 is 15.2 Å².